The summed E-state index contributed by atoms with van der Waals surface area (Å²) in [6, 6.07) is 0. The highest BCUT2D eigenvalue weighted by Gasteiger charge is 2.17. The van der Waals surface area contributed by atoms with E-state index in [4.69, 9.17) is 5.90 Å². The highest BCUT2D eigenvalue weighted by Crippen LogP contribution is 2.12. The lowest BCUT2D eigenvalue weighted by molar-refractivity contribution is -0.123. The molecule has 4 nitrogen and oxygen atoms in total. The molecule has 1 amide bonds. The highest BCUT2D eigenvalue weighted by molar-refractivity contribution is 5.92. The Hall–Kier alpha value is -1.13. The second-order valence-corrected chi connectivity index (χ2v) is 2.54. The summed E-state index contributed by atoms with van der Waals surface area (Å²) in [5, 5.41) is 0. The van der Waals surface area contributed by atoms with Crippen molar-refractivity contribution < 1.29 is 9.63 Å². The molecule has 0 aromatic carbocycles. The van der Waals surface area contributed by atoms with Crippen molar-refractivity contribution >= 4 is 5.91 Å². The number of nitrogens with zero attached hydrogens (tertiary/aromatic N) is 1. The topological polar surface area (TPSA) is 55.6 Å². The molecule has 0 saturated heterocycles. The predicted molar refractivity (Wildman–Crippen MR) is 56.1 cm³/mol. The van der Waals surface area contributed by atoms with Gasteiger partial charge in [-0.15, -0.1) is 0 Å². The van der Waals surface area contributed by atoms with Crippen molar-refractivity contribution in [1.82, 2.24) is 4.90 Å². The smallest absolute Gasteiger partial charge is 0.251 e. The van der Waals surface area contributed by atoms with Crippen LogP contribution in [0.1, 0.15) is 20.3 Å². The third-order valence-electron chi connectivity index (χ3n) is 1.67. The maximum absolute atomic E-state index is 11.1. The summed E-state index contributed by atoms with van der Waals surface area (Å²) < 4.78 is 0. The molecule has 1 aliphatic rings. The summed E-state index contributed by atoms with van der Waals surface area (Å²) >= 11 is 0. The van der Waals surface area contributed by atoms with Crippen molar-refractivity contribution in [1.29, 1.82) is 0 Å². The van der Waals surface area contributed by atoms with E-state index in [2.05, 4.69) is 11.4 Å². The van der Waals surface area contributed by atoms with E-state index >= 15 is 0 Å². The van der Waals surface area contributed by atoms with Crippen LogP contribution in [0, 0.1) is 0 Å². The van der Waals surface area contributed by atoms with Gasteiger partial charge in [0.1, 0.15) is 0 Å². The average molecular weight is 198 g/mol. The van der Waals surface area contributed by atoms with Crippen LogP contribution in [0.3, 0.4) is 0 Å². The fraction of sp³-hybridized carbons (Fsp3) is 0.500. The van der Waals surface area contributed by atoms with Crippen LogP contribution < -0.4 is 5.90 Å². The molecule has 14 heavy (non-hydrogen) atoms. The Labute approximate surface area is 85.0 Å². The third-order valence-corrected chi connectivity index (χ3v) is 1.67. The molecule has 4 heteroatoms. The Morgan fingerprint density at radius 2 is 2.14 bits per heavy atom. The fourth-order valence-electron chi connectivity index (χ4n) is 1.05. The Morgan fingerprint density at radius 3 is 2.57 bits per heavy atom. The van der Waals surface area contributed by atoms with Gasteiger partial charge in [-0.1, -0.05) is 20.4 Å². The van der Waals surface area contributed by atoms with Crippen molar-refractivity contribution in [2.75, 3.05) is 13.2 Å². The molecule has 0 fully saturated rings. The summed E-state index contributed by atoms with van der Waals surface area (Å²) in [7, 11) is 0. The zero-order chi connectivity index (χ0) is 11.0. The molecule has 0 saturated carbocycles. The maximum Gasteiger partial charge on any atom is 0.251 e. The van der Waals surface area contributed by atoms with Gasteiger partial charge in [0.2, 0.25) is 0 Å². The summed E-state index contributed by atoms with van der Waals surface area (Å²) in [4.78, 5) is 17.1. The lowest BCUT2D eigenvalue weighted by Gasteiger charge is -2.16. The number of allylic oxidation sites excluding steroid dienone is 1. The molecule has 2 N–H and O–H groups in total. The van der Waals surface area contributed by atoms with Crippen molar-refractivity contribution in [3.05, 3.63) is 24.4 Å². The van der Waals surface area contributed by atoms with E-state index in [9.17, 15) is 4.79 Å². The van der Waals surface area contributed by atoms with Gasteiger partial charge in [-0.3, -0.25) is 4.79 Å². The number of hydrogen-bond donors (Lipinski definition) is 1. The molecule has 0 aromatic rings. The standard InChI is InChI=1S/C8H12N2O2.C2H6/c1-7-3-4-8(11)10(7)5-2-6-12-9;1-2/h3-4H,1-2,5-6,9H2;1-2H3. The summed E-state index contributed by atoms with van der Waals surface area (Å²) in [5.41, 5.74) is 0.733. The number of amides is 1. The predicted octanol–water partition coefficient (Wildman–Crippen LogP) is 1.21. The second-order valence-electron chi connectivity index (χ2n) is 2.54. The van der Waals surface area contributed by atoms with Gasteiger partial charge >= 0.3 is 0 Å². The van der Waals surface area contributed by atoms with Crippen molar-refractivity contribution in [3.8, 4) is 0 Å². The number of rotatable bonds is 4. The number of nitrogens with two attached hydrogens (primary N) is 1. The van der Waals surface area contributed by atoms with Crippen LogP contribution in [0.5, 0.6) is 0 Å². The van der Waals surface area contributed by atoms with Gasteiger partial charge in [-0.05, 0) is 12.5 Å². The molecular formula is C10H18N2O2. The van der Waals surface area contributed by atoms with E-state index in [-0.39, 0.29) is 5.91 Å². The number of carbonyl (C=O) groups is 1. The molecule has 0 radical (unpaired) electrons. The van der Waals surface area contributed by atoms with Crippen LogP contribution in [0.4, 0.5) is 0 Å². The van der Waals surface area contributed by atoms with E-state index in [1.165, 1.54) is 6.08 Å². The first-order valence-corrected chi connectivity index (χ1v) is 4.76. The van der Waals surface area contributed by atoms with Crippen LogP contribution >= 0.6 is 0 Å². The molecule has 0 spiro atoms. The minimum Gasteiger partial charge on any atom is -0.309 e. The first-order valence-electron chi connectivity index (χ1n) is 4.76. The molecular weight excluding hydrogens is 180 g/mol. The van der Waals surface area contributed by atoms with Gasteiger partial charge in [-0.2, -0.15) is 0 Å². The normalized spacial score (nSPS) is 14.4. The van der Waals surface area contributed by atoms with Crippen molar-refractivity contribution in [2.24, 2.45) is 5.90 Å². The van der Waals surface area contributed by atoms with Gasteiger partial charge in [-0.25, -0.2) is 5.90 Å². The van der Waals surface area contributed by atoms with Crippen LogP contribution in [0.2, 0.25) is 0 Å². The Morgan fingerprint density at radius 1 is 1.50 bits per heavy atom. The SMILES string of the molecule is C=C1C=CC(=O)N1CCCON.CC. The zero-order valence-corrected chi connectivity index (χ0v) is 8.82. The molecule has 80 valence electrons. The van der Waals surface area contributed by atoms with Crippen molar-refractivity contribution in [2.45, 2.75) is 20.3 Å². The minimum atomic E-state index is -0.0166. The van der Waals surface area contributed by atoms with Gasteiger partial charge in [0, 0.05) is 18.3 Å². The molecule has 0 unspecified atom stereocenters. The lowest BCUT2D eigenvalue weighted by Crippen LogP contribution is -2.25. The molecule has 1 aliphatic heterocycles. The Balaban J connectivity index is 0.000000791. The Bertz CT molecular complexity index is 206. The van der Waals surface area contributed by atoms with Crippen LogP contribution in [0.15, 0.2) is 24.4 Å². The van der Waals surface area contributed by atoms with Crippen LogP contribution in [0.25, 0.3) is 0 Å². The molecule has 0 aliphatic carbocycles. The third kappa shape index (κ3) is 3.72. The fourth-order valence-corrected chi connectivity index (χ4v) is 1.05. The molecule has 0 aromatic heterocycles. The monoisotopic (exact) mass is 198 g/mol. The molecule has 1 rings (SSSR count). The average Bonchev–Trinajstić information content (AvgIpc) is 2.52. The van der Waals surface area contributed by atoms with Crippen LogP contribution in [-0.4, -0.2) is 24.0 Å². The molecule has 0 bridgehead atoms. The summed E-state index contributed by atoms with van der Waals surface area (Å²) in [5.74, 6) is 4.82. The summed E-state index contributed by atoms with van der Waals surface area (Å²) in [6.07, 6.45) is 3.93. The van der Waals surface area contributed by atoms with Gasteiger partial charge in [0.05, 0.1) is 6.61 Å². The minimum absolute atomic E-state index is 0.0166. The number of hydrogen-bond acceptors (Lipinski definition) is 3. The Kier molecular flexibility index (Phi) is 6.70. The van der Waals surface area contributed by atoms with Gasteiger partial charge in [0.15, 0.2) is 0 Å². The first-order chi connectivity index (χ1) is 6.75. The highest BCUT2D eigenvalue weighted by atomic mass is 16.6. The quantitative estimate of drug-likeness (QED) is 0.545. The van der Waals surface area contributed by atoms with E-state index < -0.39 is 0 Å². The van der Waals surface area contributed by atoms with Gasteiger partial charge in [0.25, 0.3) is 5.91 Å². The second kappa shape index (κ2) is 7.29. The summed E-state index contributed by atoms with van der Waals surface area (Å²) in [6.45, 7) is 8.78. The van der Waals surface area contributed by atoms with Crippen LogP contribution in [-0.2, 0) is 9.63 Å². The van der Waals surface area contributed by atoms with E-state index in [1.54, 1.807) is 11.0 Å². The zero-order valence-electron chi connectivity index (χ0n) is 8.82. The first kappa shape index (κ1) is 12.9. The largest absolute Gasteiger partial charge is 0.309 e. The van der Waals surface area contributed by atoms with E-state index in [0.717, 1.165) is 12.1 Å². The maximum atomic E-state index is 11.1. The van der Waals surface area contributed by atoms with E-state index in [0.29, 0.717) is 13.2 Å². The van der Waals surface area contributed by atoms with Gasteiger partial charge < -0.3 is 9.74 Å². The number of carbonyl (C=O) groups excluding carboxylic acids is 1. The molecule has 0 atom stereocenters. The van der Waals surface area contributed by atoms with Crippen molar-refractivity contribution in [3.63, 3.8) is 0 Å². The lowest BCUT2D eigenvalue weighted by atomic mass is 10.4. The van der Waals surface area contributed by atoms with E-state index in [1.807, 2.05) is 13.8 Å². The molecule has 1 heterocycles.